The molecule has 0 aliphatic carbocycles. The molecule has 1 fully saturated rings. The van der Waals surface area contributed by atoms with E-state index >= 15 is 0 Å². The Morgan fingerprint density at radius 1 is 1.29 bits per heavy atom. The van der Waals surface area contributed by atoms with E-state index < -0.39 is 0 Å². The number of carbonyl (C=O) groups is 3. The number of likely N-dealkylation sites (tertiary alicyclic amines) is 1. The lowest BCUT2D eigenvalue weighted by atomic mass is 10.0. The number of nitrogens with zero attached hydrogens (tertiary/aromatic N) is 4. The second-order valence-electron chi connectivity index (χ2n) is 7.40. The number of hydrogen-bond donors (Lipinski definition) is 2. The summed E-state index contributed by atoms with van der Waals surface area (Å²) >= 11 is 0. The van der Waals surface area contributed by atoms with Crippen molar-refractivity contribution >= 4 is 41.4 Å². The number of rotatable bonds is 4. The first-order valence-corrected chi connectivity index (χ1v) is 10.0. The average molecular weight is 418 g/mol. The average Bonchev–Trinajstić information content (AvgIpc) is 2.79. The predicted molar refractivity (Wildman–Crippen MR) is 118 cm³/mol. The van der Waals surface area contributed by atoms with E-state index in [0.29, 0.717) is 36.1 Å². The quantitative estimate of drug-likeness (QED) is 0.723. The number of piperidine rings is 1. The van der Waals surface area contributed by atoms with E-state index in [2.05, 4.69) is 32.2 Å². The van der Waals surface area contributed by atoms with Crippen molar-refractivity contribution < 1.29 is 14.4 Å². The van der Waals surface area contributed by atoms with Crippen LogP contribution in [0.4, 0.5) is 5.69 Å². The molecular weight excluding hydrogens is 396 g/mol. The molecule has 9 nitrogen and oxygen atoms in total. The molecule has 0 radical (unpaired) electrons. The first-order valence-electron chi connectivity index (χ1n) is 10.0. The van der Waals surface area contributed by atoms with Crippen LogP contribution in [0.5, 0.6) is 0 Å². The molecule has 158 valence electrons. The highest BCUT2D eigenvalue weighted by molar-refractivity contribution is 6.18. The SMILES string of the molecule is C=CC(=O)Nc1ccc(C(=O)N2CCC[C@@H](N=C3N=CC4C=CC(=O)NC4=N3)C2)cc1. The molecule has 3 amide bonds. The van der Waals surface area contributed by atoms with Gasteiger partial charge in [-0.1, -0.05) is 12.7 Å². The van der Waals surface area contributed by atoms with Crippen LogP contribution in [0.3, 0.4) is 0 Å². The third kappa shape index (κ3) is 4.82. The lowest BCUT2D eigenvalue weighted by Crippen LogP contribution is -2.42. The number of guanidine groups is 1. The van der Waals surface area contributed by atoms with Gasteiger partial charge in [-0.25, -0.2) is 9.98 Å². The molecule has 3 heterocycles. The minimum atomic E-state index is -0.304. The summed E-state index contributed by atoms with van der Waals surface area (Å²) in [6.45, 7) is 4.53. The maximum atomic E-state index is 12.9. The van der Waals surface area contributed by atoms with Crippen molar-refractivity contribution in [3.63, 3.8) is 0 Å². The number of benzene rings is 1. The van der Waals surface area contributed by atoms with Crippen LogP contribution in [-0.4, -0.2) is 59.8 Å². The van der Waals surface area contributed by atoms with Crippen LogP contribution in [0, 0.1) is 5.92 Å². The summed E-state index contributed by atoms with van der Waals surface area (Å²) in [6, 6.07) is 6.63. The number of amides is 3. The van der Waals surface area contributed by atoms with Crippen molar-refractivity contribution in [3.05, 3.63) is 54.6 Å². The van der Waals surface area contributed by atoms with E-state index in [4.69, 9.17) is 0 Å². The fourth-order valence-electron chi connectivity index (χ4n) is 3.58. The van der Waals surface area contributed by atoms with Gasteiger partial charge in [0.2, 0.25) is 17.8 Å². The molecule has 31 heavy (non-hydrogen) atoms. The molecule has 0 saturated carbocycles. The molecule has 9 heteroatoms. The van der Waals surface area contributed by atoms with E-state index in [1.807, 2.05) is 0 Å². The molecule has 1 unspecified atom stereocenters. The van der Waals surface area contributed by atoms with Crippen LogP contribution in [0.15, 0.2) is 64.0 Å². The highest BCUT2D eigenvalue weighted by atomic mass is 16.2. The Morgan fingerprint density at radius 2 is 2.10 bits per heavy atom. The third-order valence-corrected chi connectivity index (χ3v) is 5.16. The van der Waals surface area contributed by atoms with Gasteiger partial charge in [0.25, 0.3) is 5.91 Å². The summed E-state index contributed by atoms with van der Waals surface area (Å²) in [7, 11) is 0. The Hall–Kier alpha value is -3.88. The lowest BCUT2D eigenvalue weighted by Gasteiger charge is -2.31. The molecule has 0 aromatic heterocycles. The zero-order valence-corrected chi connectivity index (χ0v) is 16.8. The number of nitrogens with one attached hydrogen (secondary N) is 2. The summed E-state index contributed by atoms with van der Waals surface area (Å²) in [6.07, 6.45) is 7.75. The second kappa shape index (κ2) is 8.86. The monoisotopic (exact) mass is 418 g/mol. The van der Waals surface area contributed by atoms with Crippen LogP contribution in [-0.2, 0) is 9.59 Å². The van der Waals surface area contributed by atoms with Gasteiger partial charge in [-0.3, -0.25) is 14.4 Å². The molecule has 3 aliphatic heterocycles. The molecular formula is C22H22N6O3. The third-order valence-electron chi connectivity index (χ3n) is 5.16. The summed E-state index contributed by atoms with van der Waals surface area (Å²) in [5.41, 5.74) is 1.14. The Morgan fingerprint density at radius 3 is 2.87 bits per heavy atom. The molecule has 2 N–H and O–H groups in total. The maximum absolute atomic E-state index is 12.9. The first-order chi connectivity index (χ1) is 15.0. The van der Waals surface area contributed by atoms with E-state index in [9.17, 15) is 14.4 Å². The van der Waals surface area contributed by atoms with E-state index in [1.54, 1.807) is 41.5 Å². The maximum Gasteiger partial charge on any atom is 0.253 e. The van der Waals surface area contributed by atoms with E-state index in [1.165, 1.54) is 12.2 Å². The Kier molecular flexibility index (Phi) is 5.83. The fraction of sp³-hybridized carbons (Fsp3) is 0.273. The lowest BCUT2D eigenvalue weighted by molar-refractivity contribution is -0.115. The summed E-state index contributed by atoms with van der Waals surface area (Å²) in [5.74, 6) is 0.0856. The van der Waals surface area contributed by atoms with E-state index in [0.717, 1.165) is 12.8 Å². The van der Waals surface area contributed by atoms with Gasteiger partial charge in [0.1, 0.15) is 5.84 Å². The summed E-state index contributed by atoms with van der Waals surface area (Å²) in [5, 5.41) is 5.37. The van der Waals surface area contributed by atoms with Gasteiger partial charge >= 0.3 is 0 Å². The van der Waals surface area contributed by atoms with Crippen molar-refractivity contribution in [1.29, 1.82) is 0 Å². The smallest absolute Gasteiger partial charge is 0.253 e. The van der Waals surface area contributed by atoms with Crippen LogP contribution in [0.25, 0.3) is 0 Å². The minimum absolute atomic E-state index is 0.0882. The Labute approximate surface area is 179 Å². The van der Waals surface area contributed by atoms with Gasteiger partial charge in [0, 0.05) is 36.6 Å². The van der Waals surface area contributed by atoms with Crippen molar-refractivity contribution in [2.75, 3.05) is 18.4 Å². The molecule has 3 aliphatic rings. The molecule has 2 atom stereocenters. The van der Waals surface area contributed by atoms with Crippen LogP contribution < -0.4 is 10.6 Å². The van der Waals surface area contributed by atoms with Gasteiger partial charge in [0.05, 0.1) is 12.0 Å². The van der Waals surface area contributed by atoms with Crippen LogP contribution in [0.1, 0.15) is 23.2 Å². The molecule has 1 aromatic rings. The number of fused-ring (bicyclic) bond motifs is 1. The molecule has 0 spiro atoms. The number of anilines is 1. The van der Waals surface area contributed by atoms with Gasteiger partial charge in [-0.15, -0.1) is 0 Å². The van der Waals surface area contributed by atoms with Gasteiger partial charge in [-0.05, 0) is 43.2 Å². The van der Waals surface area contributed by atoms with Crippen LogP contribution in [0.2, 0.25) is 0 Å². The molecule has 0 bridgehead atoms. The Balaban J connectivity index is 1.41. The van der Waals surface area contributed by atoms with Gasteiger partial charge < -0.3 is 15.5 Å². The first kappa shape index (κ1) is 20.4. The Bertz CT molecular complexity index is 1040. The number of amidine groups is 1. The standard InChI is InChI=1S/C22H22N6O3/c1-2-18(29)24-16-8-5-14(6-9-16)21(31)28-11-3-4-17(13-28)25-22-23-12-15-7-10-19(30)26-20(15)27-22/h2,5-10,12,15,17H,1,3-4,11,13H2,(H,24,29)(H,25,26,27,30)/t15?,17-/m1/s1. The number of hydrogen-bond acceptors (Lipinski definition) is 4. The van der Waals surface area contributed by atoms with Gasteiger partial charge in [-0.2, -0.15) is 4.99 Å². The van der Waals surface area contributed by atoms with Crippen LogP contribution >= 0.6 is 0 Å². The van der Waals surface area contributed by atoms with Gasteiger partial charge in [0.15, 0.2) is 0 Å². The fourth-order valence-corrected chi connectivity index (χ4v) is 3.58. The zero-order valence-electron chi connectivity index (χ0n) is 16.8. The van der Waals surface area contributed by atoms with E-state index in [-0.39, 0.29) is 29.7 Å². The normalized spacial score (nSPS) is 23.6. The topological polar surface area (TPSA) is 116 Å². The minimum Gasteiger partial charge on any atom is -0.337 e. The number of aliphatic imine (C=N–C) groups is 3. The van der Waals surface area contributed by atoms with Crippen molar-refractivity contribution in [2.45, 2.75) is 18.9 Å². The molecule has 1 aromatic carbocycles. The largest absolute Gasteiger partial charge is 0.337 e. The highest BCUT2D eigenvalue weighted by Crippen LogP contribution is 2.19. The molecule has 1 saturated heterocycles. The van der Waals surface area contributed by atoms with Crippen molar-refractivity contribution in [1.82, 2.24) is 10.2 Å². The summed E-state index contributed by atoms with van der Waals surface area (Å²) in [4.78, 5) is 50.8. The van der Waals surface area contributed by atoms with Crippen molar-refractivity contribution in [2.24, 2.45) is 20.9 Å². The second-order valence-corrected chi connectivity index (χ2v) is 7.40. The highest BCUT2D eigenvalue weighted by Gasteiger charge is 2.26. The predicted octanol–water partition coefficient (Wildman–Crippen LogP) is 1.56. The zero-order chi connectivity index (χ0) is 21.8. The van der Waals surface area contributed by atoms with Crippen molar-refractivity contribution in [3.8, 4) is 0 Å². The molecule has 4 rings (SSSR count). The number of carbonyl (C=O) groups excluding carboxylic acids is 3. The summed E-state index contributed by atoms with van der Waals surface area (Å²) < 4.78 is 0.